The molecule has 0 saturated heterocycles. The van der Waals surface area contributed by atoms with Crippen molar-refractivity contribution >= 4 is 35.2 Å². The molecule has 2 amide bonds. The highest BCUT2D eigenvalue weighted by atomic mass is 35.5. The van der Waals surface area contributed by atoms with Crippen molar-refractivity contribution in [2.24, 2.45) is 0 Å². The van der Waals surface area contributed by atoms with Gasteiger partial charge in [0.15, 0.2) is 0 Å². The van der Waals surface area contributed by atoms with E-state index in [1.165, 1.54) is 12.1 Å². The van der Waals surface area contributed by atoms with Crippen molar-refractivity contribution in [2.45, 2.75) is 63.6 Å². The van der Waals surface area contributed by atoms with Gasteiger partial charge in [0.25, 0.3) is 0 Å². The van der Waals surface area contributed by atoms with Crippen LogP contribution in [-0.2, 0) is 16.1 Å². The maximum absolute atomic E-state index is 13.3. The zero-order valence-electron chi connectivity index (χ0n) is 18.2. The smallest absolute Gasteiger partial charge is 0.243 e. The van der Waals surface area contributed by atoms with Crippen molar-refractivity contribution in [1.29, 1.82) is 0 Å². The molecule has 0 aliphatic heterocycles. The topological polar surface area (TPSA) is 49.4 Å². The number of halogens is 2. The van der Waals surface area contributed by atoms with E-state index in [0.29, 0.717) is 24.3 Å². The molecule has 4 nitrogen and oxygen atoms in total. The maximum atomic E-state index is 13.3. The molecule has 0 heterocycles. The number of nitrogens with zero attached hydrogens (tertiary/aromatic N) is 1. The largest absolute Gasteiger partial charge is 0.352 e. The van der Waals surface area contributed by atoms with Crippen LogP contribution < -0.4 is 5.32 Å². The van der Waals surface area contributed by atoms with E-state index in [1.807, 2.05) is 45.0 Å². The first kappa shape index (κ1) is 25.2. The van der Waals surface area contributed by atoms with Crippen LogP contribution in [0.5, 0.6) is 0 Å². The average Bonchev–Trinajstić information content (AvgIpc) is 2.73. The van der Waals surface area contributed by atoms with E-state index < -0.39 is 6.04 Å². The predicted octanol–water partition coefficient (Wildman–Crippen LogP) is 5.68. The van der Waals surface area contributed by atoms with Crippen LogP contribution in [0, 0.1) is 5.82 Å². The Morgan fingerprint density at radius 3 is 2.32 bits per heavy atom. The maximum Gasteiger partial charge on any atom is 0.243 e. The standard InChI is InChI=1S/C24H30ClFN2O2S/c1-4-22(24(30)27-17(2)3)28(16-18-7-11-20(26)12-8-18)23(29)6-5-15-31-21-13-9-19(25)10-14-21/h7-14,17,22H,4-6,15-16H2,1-3H3,(H,27,30). The number of carbonyl (C=O) groups is 2. The van der Waals surface area contributed by atoms with E-state index in [0.717, 1.165) is 16.2 Å². The van der Waals surface area contributed by atoms with Crippen LogP contribution in [0.1, 0.15) is 45.6 Å². The van der Waals surface area contributed by atoms with Gasteiger partial charge in [-0.1, -0.05) is 30.7 Å². The van der Waals surface area contributed by atoms with Gasteiger partial charge in [0, 0.05) is 28.9 Å². The van der Waals surface area contributed by atoms with Gasteiger partial charge in [-0.15, -0.1) is 11.8 Å². The zero-order chi connectivity index (χ0) is 22.8. The van der Waals surface area contributed by atoms with Crippen molar-refractivity contribution in [2.75, 3.05) is 5.75 Å². The Kier molecular flexibility index (Phi) is 10.3. The van der Waals surface area contributed by atoms with Gasteiger partial charge in [-0.3, -0.25) is 9.59 Å². The molecule has 168 valence electrons. The normalized spacial score (nSPS) is 11.9. The molecule has 0 spiro atoms. The highest BCUT2D eigenvalue weighted by molar-refractivity contribution is 7.99. The first-order valence-corrected chi connectivity index (χ1v) is 11.9. The molecule has 0 aliphatic carbocycles. The van der Waals surface area contributed by atoms with Crippen LogP contribution in [0.25, 0.3) is 0 Å². The van der Waals surface area contributed by atoms with Crippen molar-refractivity contribution < 1.29 is 14.0 Å². The summed E-state index contributed by atoms with van der Waals surface area (Å²) >= 11 is 7.58. The van der Waals surface area contributed by atoms with Crippen LogP contribution in [0.4, 0.5) is 4.39 Å². The van der Waals surface area contributed by atoms with Crippen molar-refractivity contribution in [3.63, 3.8) is 0 Å². The minimum Gasteiger partial charge on any atom is -0.352 e. The quantitative estimate of drug-likeness (QED) is 0.343. The summed E-state index contributed by atoms with van der Waals surface area (Å²) in [6.45, 7) is 5.95. The van der Waals surface area contributed by atoms with Gasteiger partial charge in [-0.2, -0.15) is 0 Å². The second kappa shape index (κ2) is 12.7. The highest BCUT2D eigenvalue weighted by Gasteiger charge is 2.28. The molecule has 7 heteroatoms. The van der Waals surface area contributed by atoms with Gasteiger partial charge in [-0.25, -0.2) is 4.39 Å². The number of rotatable bonds is 11. The second-order valence-corrected chi connectivity index (χ2v) is 9.25. The number of hydrogen-bond acceptors (Lipinski definition) is 3. The molecular formula is C24H30ClFN2O2S. The fourth-order valence-electron chi connectivity index (χ4n) is 3.17. The molecule has 1 unspecified atom stereocenters. The molecule has 31 heavy (non-hydrogen) atoms. The summed E-state index contributed by atoms with van der Waals surface area (Å²) in [6, 6.07) is 13.1. The number of nitrogens with one attached hydrogen (secondary N) is 1. The molecule has 0 aliphatic rings. The minimum absolute atomic E-state index is 0.0138. The van der Waals surface area contributed by atoms with Crippen LogP contribution in [-0.4, -0.2) is 34.6 Å². The molecular weight excluding hydrogens is 435 g/mol. The molecule has 2 aromatic carbocycles. The summed E-state index contributed by atoms with van der Waals surface area (Å²) in [4.78, 5) is 28.6. The summed E-state index contributed by atoms with van der Waals surface area (Å²) in [5, 5.41) is 3.61. The monoisotopic (exact) mass is 464 g/mol. The van der Waals surface area contributed by atoms with Gasteiger partial charge in [0.1, 0.15) is 11.9 Å². The van der Waals surface area contributed by atoms with Crippen molar-refractivity contribution in [3.8, 4) is 0 Å². The fourth-order valence-corrected chi connectivity index (χ4v) is 4.15. The number of hydrogen-bond donors (Lipinski definition) is 1. The van der Waals surface area contributed by atoms with Crippen LogP contribution in [0.15, 0.2) is 53.4 Å². The third-order valence-corrected chi connectivity index (χ3v) is 6.05. The first-order chi connectivity index (χ1) is 14.8. The summed E-state index contributed by atoms with van der Waals surface area (Å²) in [6.07, 6.45) is 1.53. The van der Waals surface area contributed by atoms with Crippen molar-refractivity contribution in [3.05, 3.63) is 64.9 Å². The van der Waals surface area contributed by atoms with E-state index in [2.05, 4.69) is 5.32 Å². The molecule has 0 saturated carbocycles. The summed E-state index contributed by atoms with van der Waals surface area (Å²) < 4.78 is 13.3. The molecule has 0 bridgehead atoms. The van der Waals surface area contributed by atoms with Gasteiger partial charge < -0.3 is 10.2 Å². The van der Waals surface area contributed by atoms with E-state index in [4.69, 9.17) is 11.6 Å². The Morgan fingerprint density at radius 1 is 1.10 bits per heavy atom. The number of benzene rings is 2. The molecule has 0 fully saturated rings. The summed E-state index contributed by atoms with van der Waals surface area (Å²) in [7, 11) is 0. The van der Waals surface area contributed by atoms with E-state index in [1.54, 1.807) is 28.8 Å². The first-order valence-electron chi connectivity index (χ1n) is 10.5. The van der Waals surface area contributed by atoms with Crippen LogP contribution >= 0.6 is 23.4 Å². The van der Waals surface area contributed by atoms with E-state index in [9.17, 15) is 14.0 Å². The van der Waals surface area contributed by atoms with Crippen molar-refractivity contribution in [1.82, 2.24) is 10.2 Å². The number of carbonyl (C=O) groups excluding carboxylic acids is 2. The fraction of sp³-hybridized carbons (Fsp3) is 0.417. The summed E-state index contributed by atoms with van der Waals surface area (Å²) in [5.41, 5.74) is 0.793. The van der Waals surface area contributed by atoms with E-state index >= 15 is 0 Å². The van der Waals surface area contributed by atoms with Gasteiger partial charge in [0.05, 0.1) is 0 Å². The van der Waals surface area contributed by atoms with Crippen LogP contribution in [0.3, 0.4) is 0 Å². The summed E-state index contributed by atoms with van der Waals surface area (Å²) in [5.74, 6) is 0.216. The van der Waals surface area contributed by atoms with Crippen LogP contribution in [0.2, 0.25) is 5.02 Å². The van der Waals surface area contributed by atoms with Gasteiger partial charge >= 0.3 is 0 Å². The van der Waals surface area contributed by atoms with E-state index in [-0.39, 0.29) is 30.2 Å². The second-order valence-electron chi connectivity index (χ2n) is 7.64. The number of amides is 2. The SMILES string of the molecule is CCC(C(=O)NC(C)C)N(Cc1ccc(F)cc1)C(=O)CCCSc1ccc(Cl)cc1. The molecule has 0 radical (unpaired) electrons. The Bertz CT molecular complexity index is 844. The minimum atomic E-state index is -0.566. The highest BCUT2D eigenvalue weighted by Crippen LogP contribution is 2.22. The Labute approximate surface area is 193 Å². The molecule has 2 rings (SSSR count). The molecule has 1 atom stereocenters. The van der Waals surface area contributed by atoms with Gasteiger partial charge in [0.2, 0.25) is 11.8 Å². The number of thioether (sulfide) groups is 1. The Morgan fingerprint density at radius 2 is 1.74 bits per heavy atom. The third-order valence-electron chi connectivity index (χ3n) is 4.70. The molecule has 1 N–H and O–H groups in total. The Balaban J connectivity index is 2.04. The Hall–Kier alpha value is -2.05. The lowest BCUT2D eigenvalue weighted by atomic mass is 10.1. The molecule has 2 aromatic rings. The molecule has 0 aromatic heterocycles. The third kappa shape index (κ3) is 8.54. The average molecular weight is 465 g/mol. The predicted molar refractivity (Wildman–Crippen MR) is 126 cm³/mol. The lowest BCUT2D eigenvalue weighted by Crippen LogP contribution is -2.50. The lowest BCUT2D eigenvalue weighted by molar-refractivity contribution is -0.141. The van der Waals surface area contributed by atoms with Gasteiger partial charge in [-0.05, 0) is 74.4 Å². The lowest BCUT2D eigenvalue weighted by Gasteiger charge is -2.31. The zero-order valence-corrected chi connectivity index (χ0v) is 19.8.